The van der Waals surface area contributed by atoms with Crippen molar-refractivity contribution in [3.63, 3.8) is 0 Å². The minimum Gasteiger partial charge on any atom is -0.507 e. The van der Waals surface area contributed by atoms with Crippen molar-refractivity contribution in [3.05, 3.63) is 77.4 Å². The van der Waals surface area contributed by atoms with Crippen molar-refractivity contribution in [2.45, 2.75) is 6.04 Å². The number of anilines is 1. The molecule has 3 aromatic carbocycles. The van der Waals surface area contributed by atoms with Gasteiger partial charge in [0.2, 0.25) is 6.79 Å². The van der Waals surface area contributed by atoms with Crippen LogP contribution in [0.1, 0.15) is 17.2 Å². The van der Waals surface area contributed by atoms with Gasteiger partial charge in [0, 0.05) is 11.8 Å². The van der Waals surface area contributed by atoms with Crippen molar-refractivity contribution >= 4 is 23.1 Å². The summed E-state index contributed by atoms with van der Waals surface area (Å²) in [6.07, 6.45) is 0. The smallest absolute Gasteiger partial charge is 0.300 e. The van der Waals surface area contributed by atoms with E-state index in [-0.39, 0.29) is 23.7 Å². The molecule has 0 spiro atoms. The predicted octanol–water partition coefficient (Wildman–Crippen LogP) is 4.07. The maximum Gasteiger partial charge on any atom is 0.300 e. The van der Waals surface area contributed by atoms with E-state index in [9.17, 15) is 14.7 Å². The first-order chi connectivity index (χ1) is 17.5. The minimum atomic E-state index is -0.977. The Bertz CT molecular complexity index is 1400. The van der Waals surface area contributed by atoms with Gasteiger partial charge in [-0.25, -0.2) is 0 Å². The molecule has 3 aromatic rings. The number of rotatable bonds is 6. The van der Waals surface area contributed by atoms with Gasteiger partial charge in [0.15, 0.2) is 23.0 Å². The molecule has 1 N–H and O–H groups in total. The van der Waals surface area contributed by atoms with Gasteiger partial charge in [-0.05, 0) is 42.0 Å². The minimum absolute atomic E-state index is 0.0600. The maximum absolute atomic E-state index is 13.4. The summed E-state index contributed by atoms with van der Waals surface area (Å²) in [5.41, 5.74) is 1.13. The second-order valence-electron chi connectivity index (χ2n) is 8.02. The fourth-order valence-electron chi connectivity index (χ4n) is 4.46. The molecule has 2 heterocycles. The zero-order valence-corrected chi connectivity index (χ0v) is 19.8. The highest BCUT2D eigenvalue weighted by Crippen LogP contribution is 2.46. The van der Waals surface area contributed by atoms with Gasteiger partial charge in [0.1, 0.15) is 11.5 Å². The molecule has 9 nitrogen and oxygen atoms in total. The molecule has 2 aliphatic heterocycles. The van der Waals surface area contributed by atoms with Crippen molar-refractivity contribution in [2.75, 3.05) is 33.0 Å². The average Bonchev–Trinajstić information content (AvgIpc) is 3.49. The van der Waals surface area contributed by atoms with Gasteiger partial charge in [-0.1, -0.05) is 18.2 Å². The summed E-state index contributed by atoms with van der Waals surface area (Å²) in [5.74, 6) is 0.233. The number of fused-ring (bicyclic) bond motifs is 1. The van der Waals surface area contributed by atoms with Gasteiger partial charge < -0.3 is 28.8 Å². The molecule has 0 aliphatic carbocycles. The van der Waals surface area contributed by atoms with E-state index in [1.165, 1.54) is 26.2 Å². The number of ether oxygens (including phenoxy) is 5. The fraction of sp³-hybridized carbons (Fsp3) is 0.185. The summed E-state index contributed by atoms with van der Waals surface area (Å²) in [6.45, 7) is 0.0600. The number of carbonyl (C=O) groups excluding carboxylic acids is 2. The number of aliphatic hydroxyl groups is 1. The first-order valence-corrected chi connectivity index (χ1v) is 11.0. The molecule has 1 atom stereocenters. The molecule has 9 heteroatoms. The Hall–Kier alpha value is -4.66. The molecule has 1 saturated heterocycles. The Kier molecular flexibility index (Phi) is 5.89. The van der Waals surface area contributed by atoms with Crippen LogP contribution in [0.3, 0.4) is 0 Å². The molecule has 36 heavy (non-hydrogen) atoms. The second-order valence-corrected chi connectivity index (χ2v) is 8.02. The number of benzene rings is 3. The highest BCUT2D eigenvalue weighted by molar-refractivity contribution is 6.51. The molecule has 0 bridgehead atoms. The third-order valence-electron chi connectivity index (χ3n) is 6.16. The van der Waals surface area contributed by atoms with Crippen LogP contribution in [0.5, 0.6) is 28.7 Å². The van der Waals surface area contributed by atoms with Gasteiger partial charge >= 0.3 is 0 Å². The third kappa shape index (κ3) is 3.65. The lowest BCUT2D eigenvalue weighted by Gasteiger charge is -2.26. The van der Waals surface area contributed by atoms with Crippen LogP contribution in [0.25, 0.3) is 5.76 Å². The van der Waals surface area contributed by atoms with Crippen molar-refractivity contribution in [1.82, 2.24) is 0 Å². The number of hydrogen-bond acceptors (Lipinski definition) is 8. The molecule has 1 fully saturated rings. The number of amides is 1. The van der Waals surface area contributed by atoms with Crippen LogP contribution in [0.2, 0.25) is 0 Å². The lowest BCUT2D eigenvalue weighted by atomic mass is 9.94. The van der Waals surface area contributed by atoms with Gasteiger partial charge in [0.25, 0.3) is 11.7 Å². The van der Waals surface area contributed by atoms with Crippen LogP contribution < -0.4 is 28.6 Å². The normalized spacial score (nSPS) is 17.9. The molecule has 2 aliphatic rings. The third-order valence-corrected chi connectivity index (χ3v) is 6.16. The number of methoxy groups -OCH3 is 3. The van der Waals surface area contributed by atoms with Crippen molar-refractivity contribution < 1.29 is 38.4 Å². The molecule has 0 radical (unpaired) electrons. The highest BCUT2D eigenvalue weighted by atomic mass is 16.7. The summed E-state index contributed by atoms with van der Waals surface area (Å²) in [7, 11) is 4.46. The monoisotopic (exact) mass is 489 g/mol. The van der Waals surface area contributed by atoms with Crippen molar-refractivity contribution in [2.24, 2.45) is 0 Å². The van der Waals surface area contributed by atoms with E-state index in [0.29, 0.717) is 40.0 Å². The SMILES string of the molecule is COc1ccc(C2/C(=C(\O)c3ccccc3OC)C(=O)C(=O)N2c2ccc3c(c2)OCO3)cc1OC. The van der Waals surface area contributed by atoms with Gasteiger partial charge in [-0.3, -0.25) is 14.5 Å². The Labute approximate surface area is 207 Å². The highest BCUT2D eigenvalue weighted by Gasteiger charge is 2.47. The molecule has 184 valence electrons. The van der Waals surface area contributed by atoms with Gasteiger partial charge in [0.05, 0.1) is 38.5 Å². The van der Waals surface area contributed by atoms with Crippen LogP contribution >= 0.6 is 0 Å². The number of ketones is 1. The summed E-state index contributed by atoms with van der Waals surface area (Å²) in [6, 6.07) is 15.8. The van der Waals surface area contributed by atoms with Gasteiger partial charge in [-0.15, -0.1) is 0 Å². The molecular formula is C27H23NO8. The zero-order chi connectivity index (χ0) is 25.4. The molecule has 5 rings (SSSR count). The van der Waals surface area contributed by atoms with Crippen LogP contribution in [0.4, 0.5) is 5.69 Å². The van der Waals surface area contributed by atoms with Crippen LogP contribution in [-0.2, 0) is 9.59 Å². The van der Waals surface area contributed by atoms with E-state index >= 15 is 0 Å². The van der Waals surface area contributed by atoms with Gasteiger partial charge in [-0.2, -0.15) is 0 Å². The summed E-state index contributed by atoms with van der Waals surface area (Å²) >= 11 is 0. The maximum atomic E-state index is 13.4. The zero-order valence-electron chi connectivity index (χ0n) is 19.8. The Morgan fingerprint density at radius 1 is 0.861 bits per heavy atom. The number of aliphatic hydroxyl groups excluding tert-OH is 1. The van der Waals surface area contributed by atoms with E-state index in [2.05, 4.69) is 0 Å². The van der Waals surface area contributed by atoms with Crippen LogP contribution in [0, 0.1) is 0 Å². The number of hydrogen-bond donors (Lipinski definition) is 1. The molecule has 1 amide bonds. The average molecular weight is 489 g/mol. The quantitative estimate of drug-likeness (QED) is 0.314. The standard InChI is InChI=1S/C27H23NO8/c1-32-18-7-5-4-6-17(18)25(29)23-24(15-8-10-19(33-2)21(12-15)34-3)28(27(31)26(23)30)16-9-11-20-22(13-16)36-14-35-20/h4-13,24,29H,14H2,1-3H3/b25-23+. The molecule has 1 unspecified atom stereocenters. The Morgan fingerprint density at radius 3 is 2.33 bits per heavy atom. The molecule has 0 aromatic heterocycles. The van der Waals surface area contributed by atoms with Crippen molar-refractivity contribution in [3.8, 4) is 28.7 Å². The summed E-state index contributed by atoms with van der Waals surface area (Å²) in [5, 5.41) is 11.4. The number of nitrogens with zero attached hydrogens (tertiary/aromatic N) is 1. The van der Waals surface area contributed by atoms with E-state index in [1.807, 2.05) is 0 Å². The Morgan fingerprint density at radius 2 is 1.58 bits per heavy atom. The predicted molar refractivity (Wildman–Crippen MR) is 130 cm³/mol. The lowest BCUT2D eigenvalue weighted by molar-refractivity contribution is -0.132. The molecule has 0 saturated carbocycles. The lowest BCUT2D eigenvalue weighted by Crippen LogP contribution is -2.29. The second kappa shape index (κ2) is 9.18. The van der Waals surface area contributed by atoms with E-state index in [4.69, 9.17) is 23.7 Å². The van der Waals surface area contributed by atoms with Crippen LogP contribution in [-0.4, -0.2) is 44.9 Å². The number of carbonyl (C=O) groups is 2. The largest absolute Gasteiger partial charge is 0.507 e. The summed E-state index contributed by atoms with van der Waals surface area (Å²) in [4.78, 5) is 28.2. The molecular weight excluding hydrogens is 466 g/mol. The van der Waals surface area contributed by atoms with E-state index in [1.54, 1.807) is 60.7 Å². The van der Waals surface area contributed by atoms with E-state index < -0.39 is 17.7 Å². The Balaban J connectivity index is 1.74. The first-order valence-electron chi connectivity index (χ1n) is 11.0. The topological polar surface area (TPSA) is 104 Å². The fourth-order valence-corrected chi connectivity index (χ4v) is 4.46. The summed E-state index contributed by atoms with van der Waals surface area (Å²) < 4.78 is 27.1. The first kappa shape index (κ1) is 23.1. The van der Waals surface area contributed by atoms with Crippen LogP contribution in [0.15, 0.2) is 66.2 Å². The van der Waals surface area contributed by atoms with Crippen molar-refractivity contribution in [1.29, 1.82) is 0 Å². The number of para-hydroxylation sites is 1. The van der Waals surface area contributed by atoms with E-state index in [0.717, 1.165) is 0 Å². The number of Topliss-reactive ketones (excluding diaryl/α,β-unsaturated/α-hetero) is 1.